The number of aliphatic carboxylic acids is 1. The molecule has 3 nitrogen and oxygen atoms in total. The number of hydrogen-bond acceptors (Lipinski definition) is 3. The van der Waals surface area contributed by atoms with Gasteiger partial charge < -0.3 is 10.0 Å². The van der Waals surface area contributed by atoms with Gasteiger partial charge in [0, 0.05) is 19.0 Å². The molecule has 1 fully saturated rings. The fourth-order valence-electron chi connectivity index (χ4n) is 2.83. The Hall–Kier alpha value is -1.07. The molecule has 1 saturated heterocycles. The van der Waals surface area contributed by atoms with Crippen molar-refractivity contribution in [1.29, 1.82) is 0 Å². The van der Waals surface area contributed by atoms with Crippen LogP contribution in [0.15, 0.2) is 24.3 Å². The molecule has 0 aromatic heterocycles. The third-order valence-corrected chi connectivity index (χ3v) is 4.51. The molecule has 1 aliphatic rings. The third kappa shape index (κ3) is 3.73. The van der Waals surface area contributed by atoms with E-state index < -0.39 is 11.9 Å². The van der Waals surface area contributed by atoms with Crippen molar-refractivity contribution in [3.8, 4) is 0 Å². The maximum Gasteiger partial charge on any atom is 0.308 e. The Morgan fingerprint density at radius 2 is 2.30 bits per heavy atom. The summed E-state index contributed by atoms with van der Waals surface area (Å²) in [6.45, 7) is 2.18. The fraction of sp³-hybridized carbons (Fsp3) is 0.533. The van der Waals surface area contributed by atoms with Crippen LogP contribution in [0.25, 0.3) is 0 Å². The molecule has 1 aliphatic heterocycles. The second-order valence-electron chi connectivity index (χ2n) is 5.21. The summed E-state index contributed by atoms with van der Waals surface area (Å²) in [6, 6.07) is 6.34. The molecule has 1 aromatic carbocycles. The number of thioether (sulfide) groups is 1. The highest BCUT2D eigenvalue weighted by molar-refractivity contribution is 7.98. The van der Waals surface area contributed by atoms with E-state index in [2.05, 4.69) is 11.2 Å². The van der Waals surface area contributed by atoms with Crippen LogP contribution < -0.4 is 0 Å². The highest BCUT2D eigenvalue weighted by Gasteiger charge is 2.38. The second kappa shape index (κ2) is 7.09. The van der Waals surface area contributed by atoms with Crippen molar-refractivity contribution in [2.75, 3.05) is 31.6 Å². The lowest BCUT2D eigenvalue weighted by molar-refractivity contribution is -0.141. The van der Waals surface area contributed by atoms with E-state index in [-0.39, 0.29) is 11.7 Å². The summed E-state index contributed by atoms with van der Waals surface area (Å²) >= 11 is 1.80. The van der Waals surface area contributed by atoms with Crippen molar-refractivity contribution < 1.29 is 14.3 Å². The van der Waals surface area contributed by atoms with E-state index in [1.165, 1.54) is 12.1 Å². The number of benzene rings is 1. The summed E-state index contributed by atoms with van der Waals surface area (Å²) < 4.78 is 13.3. The monoisotopic (exact) mass is 297 g/mol. The molecule has 0 radical (unpaired) electrons. The average Bonchev–Trinajstić information content (AvgIpc) is 2.83. The van der Waals surface area contributed by atoms with Crippen molar-refractivity contribution in [3.05, 3.63) is 35.6 Å². The lowest BCUT2D eigenvalue weighted by atomic mass is 9.89. The lowest BCUT2D eigenvalue weighted by Gasteiger charge is -2.16. The number of nitrogens with zero attached hydrogens (tertiary/aromatic N) is 1. The molecule has 110 valence electrons. The van der Waals surface area contributed by atoms with Crippen molar-refractivity contribution in [2.45, 2.75) is 12.3 Å². The Kier molecular flexibility index (Phi) is 5.43. The first-order chi connectivity index (χ1) is 9.61. The van der Waals surface area contributed by atoms with Crippen LogP contribution in [0.4, 0.5) is 4.39 Å². The van der Waals surface area contributed by atoms with Gasteiger partial charge >= 0.3 is 5.97 Å². The van der Waals surface area contributed by atoms with E-state index in [9.17, 15) is 14.3 Å². The minimum atomic E-state index is -0.786. The van der Waals surface area contributed by atoms with Gasteiger partial charge in [-0.25, -0.2) is 4.39 Å². The zero-order chi connectivity index (χ0) is 14.5. The molecule has 5 heteroatoms. The quantitative estimate of drug-likeness (QED) is 0.820. The lowest BCUT2D eigenvalue weighted by Crippen LogP contribution is -2.24. The topological polar surface area (TPSA) is 40.5 Å². The van der Waals surface area contributed by atoms with Gasteiger partial charge in [0.25, 0.3) is 0 Å². The fourth-order valence-corrected chi connectivity index (χ4v) is 3.24. The van der Waals surface area contributed by atoms with E-state index >= 15 is 0 Å². The molecule has 2 rings (SSSR count). The van der Waals surface area contributed by atoms with Gasteiger partial charge in [0.2, 0.25) is 0 Å². The molecule has 0 saturated carbocycles. The van der Waals surface area contributed by atoms with Crippen LogP contribution in [-0.4, -0.2) is 47.6 Å². The van der Waals surface area contributed by atoms with Gasteiger partial charge in [-0.3, -0.25) is 4.79 Å². The van der Waals surface area contributed by atoms with Gasteiger partial charge in [0.1, 0.15) is 5.82 Å². The molecule has 0 amide bonds. The van der Waals surface area contributed by atoms with E-state index in [4.69, 9.17) is 0 Å². The normalized spacial score (nSPS) is 23.1. The summed E-state index contributed by atoms with van der Waals surface area (Å²) in [6.07, 6.45) is 3.13. The van der Waals surface area contributed by atoms with Crippen LogP contribution >= 0.6 is 11.8 Å². The van der Waals surface area contributed by atoms with Gasteiger partial charge in [-0.1, -0.05) is 12.1 Å². The number of carboxylic acid groups (broad SMARTS) is 1. The molecule has 0 unspecified atom stereocenters. The van der Waals surface area contributed by atoms with E-state index in [1.807, 2.05) is 6.07 Å². The van der Waals surface area contributed by atoms with E-state index in [1.54, 1.807) is 17.8 Å². The number of carboxylic acids is 1. The SMILES string of the molecule is CSCCCN1C[C@H](C(=O)O)[C@@H](c2cccc(F)c2)C1. The zero-order valence-electron chi connectivity index (χ0n) is 11.6. The number of carbonyl (C=O) groups is 1. The summed E-state index contributed by atoms with van der Waals surface area (Å²) in [5.74, 6) is -0.554. The minimum Gasteiger partial charge on any atom is -0.481 e. The van der Waals surface area contributed by atoms with E-state index in [0.29, 0.717) is 13.1 Å². The highest BCUT2D eigenvalue weighted by Crippen LogP contribution is 2.33. The number of hydrogen-bond donors (Lipinski definition) is 1. The zero-order valence-corrected chi connectivity index (χ0v) is 12.4. The summed E-state index contributed by atoms with van der Waals surface area (Å²) in [5, 5.41) is 9.38. The Bertz CT molecular complexity index is 469. The first-order valence-electron chi connectivity index (χ1n) is 6.81. The maximum absolute atomic E-state index is 13.3. The van der Waals surface area contributed by atoms with Crippen LogP contribution in [0.3, 0.4) is 0 Å². The maximum atomic E-state index is 13.3. The van der Waals surface area contributed by atoms with Gasteiger partial charge in [-0.15, -0.1) is 0 Å². The molecule has 0 aliphatic carbocycles. The number of halogens is 1. The molecule has 20 heavy (non-hydrogen) atoms. The van der Waals surface area contributed by atoms with Gasteiger partial charge in [-0.05, 0) is 42.7 Å². The Balaban J connectivity index is 2.08. The minimum absolute atomic E-state index is 0.113. The number of rotatable bonds is 6. The van der Waals surface area contributed by atoms with Gasteiger partial charge in [0.15, 0.2) is 0 Å². The Morgan fingerprint density at radius 3 is 2.95 bits per heavy atom. The smallest absolute Gasteiger partial charge is 0.308 e. The largest absolute Gasteiger partial charge is 0.481 e. The molecular formula is C15H20FNO2S. The average molecular weight is 297 g/mol. The Morgan fingerprint density at radius 1 is 1.50 bits per heavy atom. The van der Waals surface area contributed by atoms with Crippen LogP contribution in [0.5, 0.6) is 0 Å². The standard InChI is InChI=1S/C15H20FNO2S/c1-20-7-3-6-17-9-13(14(10-17)15(18)19)11-4-2-5-12(16)8-11/h2,4-5,8,13-14H,3,6-7,9-10H2,1H3,(H,18,19)/t13-,14+/m1/s1. The summed E-state index contributed by atoms with van der Waals surface area (Å²) in [5.41, 5.74) is 0.796. The van der Waals surface area contributed by atoms with Crippen LogP contribution in [0.1, 0.15) is 17.9 Å². The molecule has 0 bridgehead atoms. The van der Waals surface area contributed by atoms with Crippen molar-refractivity contribution >= 4 is 17.7 Å². The predicted molar refractivity (Wildman–Crippen MR) is 79.7 cm³/mol. The van der Waals surface area contributed by atoms with Crippen molar-refractivity contribution in [1.82, 2.24) is 4.90 Å². The molecular weight excluding hydrogens is 277 g/mol. The van der Waals surface area contributed by atoms with Crippen LogP contribution in [0, 0.1) is 11.7 Å². The highest BCUT2D eigenvalue weighted by atomic mass is 32.2. The predicted octanol–water partition coefficient (Wildman–Crippen LogP) is 2.68. The molecule has 1 N–H and O–H groups in total. The first kappa shape index (κ1) is 15.3. The summed E-state index contributed by atoms with van der Waals surface area (Å²) in [7, 11) is 0. The van der Waals surface area contributed by atoms with Crippen molar-refractivity contribution in [3.63, 3.8) is 0 Å². The van der Waals surface area contributed by atoms with Gasteiger partial charge in [0.05, 0.1) is 5.92 Å². The molecule has 0 spiro atoms. The molecule has 1 aromatic rings. The Labute approximate surface area is 123 Å². The molecule has 1 heterocycles. The van der Waals surface area contributed by atoms with Crippen LogP contribution in [-0.2, 0) is 4.79 Å². The van der Waals surface area contributed by atoms with E-state index in [0.717, 1.165) is 24.3 Å². The number of likely N-dealkylation sites (tertiary alicyclic amines) is 1. The molecule has 2 atom stereocenters. The first-order valence-corrected chi connectivity index (χ1v) is 8.20. The van der Waals surface area contributed by atoms with Crippen LogP contribution in [0.2, 0.25) is 0 Å². The second-order valence-corrected chi connectivity index (χ2v) is 6.20. The summed E-state index contributed by atoms with van der Waals surface area (Å²) in [4.78, 5) is 13.6. The van der Waals surface area contributed by atoms with Gasteiger partial charge in [-0.2, -0.15) is 11.8 Å². The van der Waals surface area contributed by atoms with Crippen molar-refractivity contribution in [2.24, 2.45) is 5.92 Å². The third-order valence-electron chi connectivity index (χ3n) is 3.81.